The van der Waals surface area contributed by atoms with Crippen LogP contribution in [0, 0.1) is 0 Å². The zero-order chi connectivity index (χ0) is 16.9. The maximum atomic E-state index is 12.3. The minimum Gasteiger partial charge on any atom is -0.339 e. The first-order chi connectivity index (χ1) is 11.6. The second kappa shape index (κ2) is 7.27. The van der Waals surface area contributed by atoms with E-state index in [1.165, 1.54) is 0 Å². The van der Waals surface area contributed by atoms with E-state index >= 15 is 0 Å². The monoisotopic (exact) mass is 341 g/mol. The van der Waals surface area contributed by atoms with Crippen LogP contribution < -0.4 is 4.90 Å². The lowest BCUT2D eigenvalue weighted by molar-refractivity contribution is -0.118. The molecule has 0 unspecified atom stereocenters. The Bertz CT molecular complexity index is 833. The molecule has 1 heterocycles. The van der Waals surface area contributed by atoms with Crippen LogP contribution in [0.4, 0.5) is 5.69 Å². The normalized spacial score (nSPS) is 10.6. The molecule has 122 valence electrons. The van der Waals surface area contributed by atoms with Gasteiger partial charge in [-0.15, -0.1) is 0 Å². The predicted octanol–water partition coefficient (Wildman–Crippen LogP) is 3.99. The quantitative estimate of drug-likeness (QED) is 0.704. The van der Waals surface area contributed by atoms with Crippen LogP contribution in [0.15, 0.2) is 59.1 Å². The summed E-state index contributed by atoms with van der Waals surface area (Å²) in [6.45, 7) is 0. The van der Waals surface area contributed by atoms with Gasteiger partial charge in [0.2, 0.25) is 17.6 Å². The van der Waals surface area contributed by atoms with Gasteiger partial charge in [0, 0.05) is 36.2 Å². The van der Waals surface area contributed by atoms with Crippen molar-refractivity contribution < 1.29 is 9.32 Å². The van der Waals surface area contributed by atoms with Crippen molar-refractivity contribution >= 4 is 23.2 Å². The summed E-state index contributed by atoms with van der Waals surface area (Å²) >= 11 is 5.96. The van der Waals surface area contributed by atoms with Crippen LogP contribution in [-0.2, 0) is 11.2 Å². The van der Waals surface area contributed by atoms with E-state index in [0.29, 0.717) is 29.6 Å². The van der Waals surface area contributed by atoms with Gasteiger partial charge in [-0.2, -0.15) is 4.98 Å². The third kappa shape index (κ3) is 3.81. The molecule has 1 amide bonds. The number of carbonyl (C=O) groups is 1. The molecule has 0 aliphatic rings. The molecule has 3 aromatic rings. The summed E-state index contributed by atoms with van der Waals surface area (Å²) in [6, 6.07) is 16.7. The first-order valence-corrected chi connectivity index (χ1v) is 7.91. The van der Waals surface area contributed by atoms with Crippen LogP contribution in [0.1, 0.15) is 12.3 Å². The number of carbonyl (C=O) groups excluding carboxylic acids is 1. The van der Waals surface area contributed by atoms with Gasteiger partial charge in [0.25, 0.3) is 0 Å². The number of para-hydroxylation sites is 1. The van der Waals surface area contributed by atoms with E-state index in [4.69, 9.17) is 16.1 Å². The van der Waals surface area contributed by atoms with Crippen molar-refractivity contribution in [1.82, 2.24) is 10.1 Å². The van der Waals surface area contributed by atoms with Gasteiger partial charge < -0.3 is 9.42 Å². The Balaban J connectivity index is 1.62. The number of hydrogen-bond acceptors (Lipinski definition) is 4. The topological polar surface area (TPSA) is 59.2 Å². The van der Waals surface area contributed by atoms with E-state index in [1.54, 1.807) is 24.1 Å². The minimum atomic E-state index is -0.0105. The van der Waals surface area contributed by atoms with E-state index in [0.717, 1.165) is 11.3 Å². The van der Waals surface area contributed by atoms with Crippen molar-refractivity contribution in [1.29, 1.82) is 0 Å². The average Bonchev–Trinajstić information content (AvgIpc) is 3.09. The van der Waals surface area contributed by atoms with Crippen LogP contribution in [0.5, 0.6) is 0 Å². The van der Waals surface area contributed by atoms with Crippen molar-refractivity contribution in [3.8, 4) is 11.4 Å². The number of aryl methyl sites for hydroxylation is 1. The van der Waals surface area contributed by atoms with Crippen molar-refractivity contribution in [2.75, 3.05) is 11.9 Å². The van der Waals surface area contributed by atoms with Crippen LogP contribution >= 0.6 is 11.6 Å². The molecular formula is C18H16ClN3O2. The standard InChI is InChI=1S/C18H16ClN3O2/c1-22(15-8-3-2-4-9-15)17(23)11-10-16-20-18(21-24-16)13-6-5-7-14(19)12-13/h2-9,12H,10-11H2,1H3. The molecule has 1 aromatic heterocycles. The Morgan fingerprint density at radius 2 is 1.96 bits per heavy atom. The number of nitrogens with zero attached hydrogens (tertiary/aromatic N) is 3. The molecule has 0 aliphatic heterocycles. The van der Waals surface area contributed by atoms with Gasteiger partial charge in [-0.25, -0.2) is 0 Å². The maximum Gasteiger partial charge on any atom is 0.227 e. The molecule has 0 saturated heterocycles. The molecular weight excluding hydrogens is 326 g/mol. The Morgan fingerprint density at radius 3 is 2.71 bits per heavy atom. The van der Waals surface area contributed by atoms with E-state index in [2.05, 4.69) is 10.1 Å². The Hall–Kier alpha value is -2.66. The van der Waals surface area contributed by atoms with Gasteiger partial charge in [0.1, 0.15) is 0 Å². The molecule has 0 bridgehead atoms. The fourth-order valence-corrected chi connectivity index (χ4v) is 2.47. The van der Waals surface area contributed by atoms with Gasteiger partial charge in [-0.1, -0.05) is 47.1 Å². The van der Waals surface area contributed by atoms with Crippen LogP contribution in [0.3, 0.4) is 0 Å². The van der Waals surface area contributed by atoms with Crippen LogP contribution in [0.25, 0.3) is 11.4 Å². The number of hydrogen-bond donors (Lipinski definition) is 0. The van der Waals surface area contributed by atoms with Crippen molar-refractivity contribution in [3.05, 3.63) is 65.5 Å². The second-order valence-electron chi connectivity index (χ2n) is 5.31. The summed E-state index contributed by atoms with van der Waals surface area (Å²) in [5, 5.41) is 4.55. The summed E-state index contributed by atoms with van der Waals surface area (Å²) in [7, 11) is 1.75. The van der Waals surface area contributed by atoms with Crippen molar-refractivity contribution in [3.63, 3.8) is 0 Å². The summed E-state index contributed by atoms with van der Waals surface area (Å²) in [4.78, 5) is 18.2. The molecule has 3 rings (SSSR count). The fraction of sp³-hybridized carbons (Fsp3) is 0.167. The molecule has 0 aliphatic carbocycles. The highest BCUT2D eigenvalue weighted by molar-refractivity contribution is 6.30. The zero-order valence-corrected chi connectivity index (χ0v) is 13.9. The lowest BCUT2D eigenvalue weighted by Crippen LogP contribution is -2.26. The average molecular weight is 342 g/mol. The Labute approximate surface area is 144 Å². The SMILES string of the molecule is CN(C(=O)CCc1nc(-c2cccc(Cl)c2)no1)c1ccccc1. The molecule has 24 heavy (non-hydrogen) atoms. The van der Waals surface area contributed by atoms with Crippen LogP contribution in [0.2, 0.25) is 5.02 Å². The lowest BCUT2D eigenvalue weighted by atomic mass is 10.2. The summed E-state index contributed by atoms with van der Waals surface area (Å²) in [5.41, 5.74) is 1.64. The molecule has 0 N–H and O–H groups in total. The highest BCUT2D eigenvalue weighted by Gasteiger charge is 2.14. The van der Waals surface area contributed by atoms with E-state index in [-0.39, 0.29) is 5.91 Å². The number of benzene rings is 2. The summed E-state index contributed by atoms with van der Waals surface area (Å²) in [6.07, 6.45) is 0.687. The molecule has 0 atom stereocenters. The molecule has 0 spiro atoms. The number of anilines is 1. The lowest BCUT2D eigenvalue weighted by Gasteiger charge is -2.16. The second-order valence-corrected chi connectivity index (χ2v) is 5.75. The largest absolute Gasteiger partial charge is 0.339 e. The predicted molar refractivity (Wildman–Crippen MR) is 92.9 cm³/mol. The van der Waals surface area contributed by atoms with E-state index < -0.39 is 0 Å². The molecule has 6 heteroatoms. The van der Waals surface area contributed by atoms with Gasteiger partial charge in [0.05, 0.1) is 0 Å². The minimum absolute atomic E-state index is 0.0105. The Morgan fingerprint density at radius 1 is 1.17 bits per heavy atom. The van der Waals surface area contributed by atoms with Crippen LogP contribution in [-0.4, -0.2) is 23.1 Å². The van der Waals surface area contributed by atoms with E-state index in [1.807, 2.05) is 42.5 Å². The molecule has 5 nitrogen and oxygen atoms in total. The van der Waals surface area contributed by atoms with Gasteiger partial charge >= 0.3 is 0 Å². The molecule has 0 saturated carbocycles. The smallest absolute Gasteiger partial charge is 0.227 e. The molecule has 0 radical (unpaired) electrons. The van der Waals surface area contributed by atoms with Gasteiger partial charge in [-0.05, 0) is 24.3 Å². The summed E-state index contributed by atoms with van der Waals surface area (Å²) < 4.78 is 5.22. The highest BCUT2D eigenvalue weighted by atomic mass is 35.5. The maximum absolute atomic E-state index is 12.3. The highest BCUT2D eigenvalue weighted by Crippen LogP contribution is 2.20. The summed E-state index contributed by atoms with van der Waals surface area (Å²) in [5.74, 6) is 0.889. The first-order valence-electron chi connectivity index (χ1n) is 7.53. The third-order valence-electron chi connectivity index (χ3n) is 3.62. The first kappa shape index (κ1) is 16.2. The number of halogens is 1. The van der Waals surface area contributed by atoms with Gasteiger partial charge in [-0.3, -0.25) is 4.79 Å². The van der Waals surface area contributed by atoms with Gasteiger partial charge in [0.15, 0.2) is 0 Å². The number of amides is 1. The zero-order valence-electron chi connectivity index (χ0n) is 13.1. The molecule has 2 aromatic carbocycles. The fourth-order valence-electron chi connectivity index (χ4n) is 2.28. The van der Waals surface area contributed by atoms with E-state index in [9.17, 15) is 4.79 Å². The third-order valence-corrected chi connectivity index (χ3v) is 3.86. The molecule has 0 fully saturated rings. The Kier molecular flexibility index (Phi) is 4.91. The number of aromatic nitrogens is 2. The van der Waals surface area contributed by atoms with Crippen molar-refractivity contribution in [2.45, 2.75) is 12.8 Å². The number of rotatable bonds is 5. The van der Waals surface area contributed by atoms with Crippen molar-refractivity contribution in [2.24, 2.45) is 0 Å².